The van der Waals surface area contributed by atoms with Crippen LogP contribution >= 0.6 is 0 Å². The Morgan fingerprint density at radius 1 is 0.854 bits per heavy atom. The Hall–Kier alpha value is -5.51. The molecule has 1 fully saturated rings. The molecule has 10 heteroatoms. The topological polar surface area (TPSA) is 132 Å². The van der Waals surface area contributed by atoms with E-state index in [1.807, 2.05) is 19.9 Å². The van der Waals surface area contributed by atoms with Gasteiger partial charge in [0.25, 0.3) is 5.91 Å². The third-order valence-electron chi connectivity index (χ3n) is 8.85. The number of rotatable bonds is 9. The molecular weight excluding hydrogens is 612 g/mol. The fraction of sp³-hybridized carbons (Fsp3) is 0.289. The molecule has 0 saturated carbocycles. The van der Waals surface area contributed by atoms with Crippen LogP contribution in [0, 0.1) is 0 Å². The van der Waals surface area contributed by atoms with Gasteiger partial charge >= 0.3 is 5.97 Å². The van der Waals surface area contributed by atoms with Crippen LogP contribution in [-0.2, 0) is 0 Å². The highest BCUT2D eigenvalue weighted by atomic mass is 16.5. The second kappa shape index (κ2) is 13.3. The molecule has 0 bridgehead atoms. The van der Waals surface area contributed by atoms with Gasteiger partial charge in [0.05, 0.1) is 42.0 Å². The van der Waals surface area contributed by atoms with Crippen molar-refractivity contribution >= 4 is 23.4 Å². The molecule has 48 heavy (non-hydrogen) atoms. The number of benzene rings is 3. The minimum Gasteiger partial charge on any atom is -0.493 e. The van der Waals surface area contributed by atoms with E-state index < -0.39 is 11.6 Å². The molecular formula is C38H36N2O8. The number of likely N-dealkylation sites (tertiary alicyclic amines) is 1. The van der Waals surface area contributed by atoms with Crippen LogP contribution in [0.1, 0.15) is 81.5 Å². The number of hydrogen-bond acceptors (Lipinski definition) is 8. The summed E-state index contributed by atoms with van der Waals surface area (Å²) in [4.78, 5) is 56.5. The zero-order valence-corrected chi connectivity index (χ0v) is 27.1. The lowest BCUT2D eigenvalue weighted by atomic mass is 9.82. The predicted octanol–water partition coefficient (Wildman–Crippen LogP) is 6.75. The van der Waals surface area contributed by atoms with Gasteiger partial charge in [0.15, 0.2) is 11.6 Å². The molecule has 2 aliphatic rings. The molecule has 4 aromatic rings. The van der Waals surface area contributed by atoms with E-state index in [1.165, 1.54) is 25.3 Å². The Morgan fingerprint density at radius 3 is 2.04 bits per heavy atom. The molecule has 0 atom stereocenters. The Morgan fingerprint density at radius 2 is 1.48 bits per heavy atom. The minimum absolute atomic E-state index is 0.0204. The number of carboxylic acid groups (broad SMARTS) is 1. The van der Waals surface area contributed by atoms with Gasteiger partial charge in [-0.2, -0.15) is 0 Å². The third-order valence-corrected chi connectivity index (χ3v) is 8.85. The SMILES string of the molecule is CCOc1cc(C(=O)N2CCC3(CC2)CC(=O)c2cc(-c4ccc(C(C)=O)cn4)ccc2O3)cc(OCC)c1-c1ccc(C(=O)O)cc1. The molecule has 0 aliphatic carbocycles. The summed E-state index contributed by atoms with van der Waals surface area (Å²) >= 11 is 0. The first-order valence-corrected chi connectivity index (χ1v) is 16.0. The molecule has 1 N–H and O–H groups in total. The summed E-state index contributed by atoms with van der Waals surface area (Å²) < 4.78 is 18.5. The largest absolute Gasteiger partial charge is 0.493 e. The first-order chi connectivity index (χ1) is 23.1. The molecule has 6 rings (SSSR count). The van der Waals surface area contributed by atoms with Gasteiger partial charge in [-0.25, -0.2) is 4.79 Å². The normalized spacial score (nSPS) is 15.0. The second-order valence-electron chi connectivity index (χ2n) is 12.0. The second-order valence-corrected chi connectivity index (χ2v) is 12.0. The van der Waals surface area contributed by atoms with Crippen LogP contribution in [0.3, 0.4) is 0 Å². The van der Waals surface area contributed by atoms with Crippen LogP contribution in [0.5, 0.6) is 17.2 Å². The number of Topliss-reactive ketones (excluding diaryl/α,β-unsaturated/α-hetero) is 2. The number of aromatic carboxylic acids is 1. The van der Waals surface area contributed by atoms with Gasteiger partial charge in [-0.3, -0.25) is 19.4 Å². The monoisotopic (exact) mass is 648 g/mol. The van der Waals surface area contributed by atoms with Crippen molar-refractivity contribution in [3.63, 3.8) is 0 Å². The molecule has 2 aliphatic heterocycles. The van der Waals surface area contributed by atoms with E-state index in [9.17, 15) is 24.3 Å². The maximum atomic E-state index is 13.9. The lowest BCUT2D eigenvalue weighted by molar-refractivity contribution is -0.00574. The van der Waals surface area contributed by atoms with Crippen molar-refractivity contribution in [2.45, 2.75) is 45.6 Å². The van der Waals surface area contributed by atoms with Gasteiger partial charge < -0.3 is 24.2 Å². The smallest absolute Gasteiger partial charge is 0.335 e. The lowest BCUT2D eigenvalue weighted by Gasteiger charge is -2.44. The van der Waals surface area contributed by atoms with Crippen LogP contribution in [0.4, 0.5) is 0 Å². The number of carboxylic acids is 1. The van der Waals surface area contributed by atoms with Gasteiger partial charge in [0.2, 0.25) is 0 Å². The zero-order valence-electron chi connectivity index (χ0n) is 27.1. The molecule has 1 spiro atoms. The fourth-order valence-electron chi connectivity index (χ4n) is 6.32. The van der Waals surface area contributed by atoms with Crippen molar-refractivity contribution in [2.75, 3.05) is 26.3 Å². The number of carbonyl (C=O) groups excluding carboxylic acids is 3. The maximum Gasteiger partial charge on any atom is 0.335 e. The molecule has 1 aromatic heterocycles. The molecule has 1 saturated heterocycles. The maximum absolute atomic E-state index is 13.9. The molecule has 246 valence electrons. The minimum atomic E-state index is -1.02. The Bertz CT molecular complexity index is 1860. The van der Waals surface area contributed by atoms with E-state index >= 15 is 0 Å². The summed E-state index contributed by atoms with van der Waals surface area (Å²) in [6, 6.07) is 18.8. The lowest BCUT2D eigenvalue weighted by Crippen LogP contribution is -2.52. The number of aromatic nitrogens is 1. The van der Waals surface area contributed by atoms with E-state index in [2.05, 4.69) is 4.98 Å². The van der Waals surface area contributed by atoms with E-state index in [1.54, 1.807) is 53.4 Å². The molecule has 3 heterocycles. The van der Waals surface area contributed by atoms with Gasteiger partial charge in [0, 0.05) is 48.8 Å². The highest BCUT2D eigenvalue weighted by Gasteiger charge is 2.44. The van der Waals surface area contributed by atoms with Crippen molar-refractivity contribution < 1.29 is 38.5 Å². The average molecular weight is 649 g/mol. The zero-order chi connectivity index (χ0) is 34.0. The summed E-state index contributed by atoms with van der Waals surface area (Å²) in [5.41, 5.74) is 3.66. The van der Waals surface area contributed by atoms with Crippen LogP contribution in [-0.4, -0.2) is 70.3 Å². The van der Waals surface area contributed by atoms with Gasteiger partial charge in [-0.15, -0.1) is 0 Å². The van der Waals surface area contributed by atoms with E-state index in [-0.39, 0.29) is 29.5 Å². The molecule has 1 amide bonds. The van der Waals surface area contributed by atoms with Crippen molar-refractivity contribution in [3.05, 3.63) is 95.2 Å². The first-order valence-electron chi connectivity index (χ1n) is 16.0. The number of piperidine rings is 1. The van der Waals surface area contributed by atoms with Crippen LogP contribution in [0.15, 0.2) is 72.9 Å². The number of carbonyl (C=O) groups is 4. The average Bonchev–Trinajstić information content (AvgIpc) is 3.08. The Labute approximate surface area is 278 Å². The Kier molecular flexibility index (Phi) is 8.99. The summed E-state index contributed by atoms with van der Waals surface area (Å²) in [6.45, 7) is 6.70. The van der Waals surface area contributed by atoms with Gasteiger partial charge in [-0.05, 0) is 80.9 Å². The van der Waals surface area contributed by atoms with E-state index in [0.29, 0.717) is 89.9 Å². The van der Waals surface area contributed by atoms with E-state index in [0.717, 1.165) is 5.56 Å². The molecule has 0 radical (unpaired) electrons. The van der Waals surface area contributed by atoms with Crippen LogP contribution < -0.4 is 14.2 Å². The number of ketones is 2. The number of hydrogen-bond donors (Lipinski definition) is 1. The van der Waals surface area contributed by atoms with Crippen molar-refractivity contribution in [1.82, 2.24) is 9.88 Å². The van der Waals surface area contributed by atoms with Crippen LogP contribution in [0.2, 0.25) is 0 Å². The van der Waals surface area contributed by atoms with Crippen LogP contribution in [0.25, 0.3) is 22.4 Å². The molecule has 10 nitrogen and oxygen atoms in total. The predicted molar refractivity (Wildman–Crippen MR) is 178 cm³/mol. The van der Waals surface area contributed by atoms with Crippen molar-refractivity contribution in [3.8, 4) is 39.6 Å². The highest BCUT2D eigenvalue weighted by Crippen LogP contribution is 2.43. The first kappa shape index (κ1) is 32.4. The summed E-state index contributed by atoms with van der Waals surface area (Å²) in [5, 5.41) is 9.33. The molecule has 0 unspecified atom stereocenters. The molecule has 3 aromatic carbocycles. The van der Waals surface area contributed by atoms with Gasteiger partial charge in [-0.1, -0.05) is 12.1 Å². The quantitative estimate of drug-likeness (QED) is 0.196. The van der Waals surface area contributed by atoms with Crippen molar-refractivity contribution in [2.24, 2.45) is 0 Å². The summed E-state index contributed by atoms with van der Waals surface area (Å²) in [6.07, 6.45) is 2.72. The number of ether oxygens (including phenoxy) is 3. The summed E-state index contributed by atoms with van der Waals surface area (Å²) in [7, 11) is 0. The number of pyridine rings is 1. The Balaban J connectivity index is 1.20. The standard InChI is InChI=1S/C38H36N2O8/c1-4-46-33-19-28(20-34(47-5-2)35(33)24-6-8-25(9-7-24)37(44)45)36(43)40-16-14-38(15-17-40)21-31(42)29-18-26(11-13-32(29)48-38)30-12-10-27(22-39-30)23(3)41/h6-13,18-20,22H,4-5,14-17,21H2,1-3H3,(H,44,45). The van der Waals surface area contributed by atoms with Gasteiger partial charge in [0.1, 0.15) is 22.8 Å². The number of nitrogens with zero attached hydrogens (tertiary/aromatic N) is 2. The number of fused-ring (bicyclic) bond motifs is 1. The summed E-state index contributed by atoms with van der Waals surface area (Å²) in [5.74, 6) is 0.157. The number of amides is 1. The fourth-order valence-corrected chi connectivity index (χ4v) is 6.32. The highest BCUT2D eigenvalue weighted by molar-refractivity contribution is 6.02. The van der Waals surface area contributed by atoms with Crippen molar-refractivity contribution in [1.29, 1.82) is 0 Å². The third kappa shape index (κ3) is 6.38. The van der Waals surface area contributed by atoms with E-state index in [4.69, 9.17) is 14.2 Å².